The summed E-state index contributed by atoms with van der Waals surface area (Å²) in [6, 6.07) is 2.55. The minimum Gasteiger partial charge on any atom is -0.465 e. The number of nitrogens with one attached hydrogen (secondary N) is 1. The average Bonchev–Trinajstić information content (AvgIpc) is 3.25. The molecule has 0 radical (unpaired) electrons. The number of halogens is 4. The Morgan fingerprint density at radius 1 is 1.04 bits per heavy atom. The minimum absolute atomic E-state index is 0.300. The maximum absolute atomic E-state index is 14.1. The molecule has 144 valence electrons. The Morgan fingerprint density at radius 2 is 1.75 bits per heavy atom. The van der Waals surface area contributed by atoms with E-state index in [1.54, 1.807) is 11.5 Å². The maximum Gasteiger partial charge on any atom is 0.343 e. The molecule has 0 unspecified atom stereocenters. The van der Waals surface area contributed by atoms with Gasteiger partial charge in [0.2, 0.25) is 0 Å². The first-order valence-corrected chi connectivity index (χ1v) is 7.42. The van der Waals surface area contributed by atoms with E-state index in [-0.39, 0.29) is 5.69 Å². The first-order valence-electron chi connectivity index (χ1n) is 7.42. The fraction of sp³-hybridized carbons (Fsp3) is 0.0625. The van der Waals surface area contributed by atoms with Crippen LogP contribution < -0.4 is 5.32 Å². The van der Waals surface area contributed by atoms with Crippen LogP contribution in [-0.2, 0) is 4.74 Å². The second-order valence-corrected chi connectivity index (χ2v) is 5.20. The molecular formula is C16H9F4N5O3. The Bertz CT molecular complexity index is 1060. The number of carbonyl (C=O) groups is 2. The van der Waals surface area contributed by atoms with Gasteiger partial charge in [-0.1, -0.05) is 0 Å². The number of anilines is 1. The van der Waals surface area contributed by atoms with E-state index < -0.39 is 46.4 Å². The SMILES string of the molecule is COC(=O)c1c(F)c(F)c(F)c(F)c1NC(=O)c1ccc(-n2ccnc2)nn1. The Kier molecular flexibility index (Phi) is 5.02. The number of imidazole rings is 1. The normalized spacial score (nSPS) is 10.6. The van der Waals surface area contributed by atoms with Crippen LogP contribution in [-0.4, -0.2) is 38.7 Å². The van der Waals surface area contributed by atoms with Crippen LogP contribution in [0.4, 0.5) is 23.2 Å². The molecule has 0 aliphatic heterocycles. The molecule has 3 rings (SSSR count). The van der Waals surface area contributed by atoms with Gasteiger partial charge in [0.05, 0.1) is 12.8 Å². The summed E-state index contributed by atoms with van der Waals surface area (Å²) >= 11 is 0. The number of benzene rings is 1. The number of amides is 1. The molecular weight excluding hydrogens is 386 g/mol. The van der Waals surface area contributed by atoms with Crippen LogP contribution in [0.15, 0.2) is 30.9 Å². The molecule has 28 heavy (non-hydrogen) atoms. The Labute approximate surface area is 153 Å². The highest BCUT2D eigenvalue weighted by atomic mass is 19.2. The summed E-state index contributed by atoms with van der Waals surface area (Å²) in [5, 5.41) is 9.14. The lowest BCUT2D eigenvalue weighted by Crippen LogP contribution is -2.21. The van der Waals surface area contributed by atoms with Crippen molar-refractivity contribution in [2.75, 3.05) is 12.4 Å². The van der Waals surface area contributed by atoms with Gasteiger partial charge in [-0.3, -0.25) is 9.36 Å². The van der Waals surface area contributed by atoms with Crippen molar-refractivity contribution in [1.29, 1.82) is 0 Å². The van der Waals surface area contributed by atoms with Gasteiger partial charge in [0.15, 0.2) is 34.8 Å². The first kappa shape index (κ1) is 18.9. The molecule has 1 N–H and O–H groups in total. The Morgan fingerprint density at radius 3 is 2.32 bits per heavy atom. The van der Waals surface area contributed by atoms with Gasteiger partial charge in [0.1, 0.15) is 11.9 Å². The van der Waals surface area contributed by atoms with Gasteiger partial charge in [0, 0.05) is 12.4 Å². The van der Waals surface area contributed by atoms with Gasteiger partial charge in [0.25, 0.3) is 5.91 Å². The second kappa shape index (κ2) is 7.42. The molecule has 0 atom stereocenters. The number of aromatic nitrogens is 4. The Balaban J connectivity index is 1.97. The van der Waals surface area contributed by atoms with Crippen molar-refractivity contribution in [2.45, 2.75) is 0 Å². The van der Waals surface area contributed by atoms with Gasteiger partial charge >= 0.3 is 5.97 Å². The van der Waals surface area contributed by atoms with E-state index in [1.807, 2.05) is 0 Å². The molecule has 0 bridgehead atoms. The zero-order valence-corrected chi connectivity index (χ0v) is 13.9. The number of esters is 1. The quantitative estimate of drug-likeness (QED) is 0.315. The molecule has 2 heterocycles. The summed E-state index contributed by atoms with van der Waals surface area (Å²) < 4.78 is 60.7. The van der Waals surface area contributed by atoms with Crippen LogP contribution in [0.2, 0.25) is 0 Å². The molecule has 1 amide bonds. The van der Waals surface area contributed by atoms with Crippen molar-refractivity contribution in [3.05, 3.63) is 65.4 Å². The van der Waals surface area contributed by atoms with E-state index >= 15 is 0 Å². The number of hydrogen-bond donors (Lipinski definition) is 1. The molecule has 0 aliphatic carbocycles. The predicted octanol–water partition coefficient (Wildman–Crippen LogP) is 2.26. The third-order valence-electron chi connectivity index (χ3n) is 3.55. The molecule has 0 spiro atoms. The lowest BCUT2D eigenvalue weighted by Gasteiger charge is -2.13. The molecule has 0 saturated carbocycles. The van der Waals surface area contributed by atoms with Gasteiger partial charge in [-0.25, -0.2) is 27.3 Å². The Hall–Kier alpha value is -3.83. The topological polar surface area (TPSA) is 99.0 Å². The maximum atomic E-state index is 14.1. The number of ether oxygens (including phenoxy) is 1. The van der Waals surface area contributed by atoms with Crippen molar-refractivity contribution < 1.29 is 31.9 Å². The van der Waals surface area contributed by atoms with Gasteiger partial charge in [-0.15, -0.1) is 10.2 Å². The summed E-state index contributed by atoms with van der Waals surface area (Å²) in [7, 11) is 0.812. The van der Waals surface area contributed by atoms with Crippen LogP contribution in [0.1, 0.15) is 20.8 Å². The molecule has 0 fully saturated rings. The fourth-order valence-corrected chi connectivity index (χ4v) is 2.20. The highest BCUT2D eigenvalue weighted by molar-refractivity contribution is 6.07. The van der Waals surface area contributed by atoms with E-state index in [4.69, 9.17) is 0 Å². The molecule has 1 aromatic carbocycles. The van der Waals surface area contributed by atoms with Gasteiger partial charge < -0.3 is 10.1 Å². The first-order chi connectivity index (χ1) is 13.3. The second-order valence-electron chi connectivity index (χ2n) is 5.20. The third kappa shape index (κ3) is 3.26. The standard InChI is InChI=1S/C16H9F4N5O3/c1-28-16(27)9-10(17)11(18)12(19)13(20)14(9)22-15(26)7-2-3-8(24-23-7)25-5-4-21-6-25/h2-6H,1H3,(H,22,26). The zero-order chi connectivity index (χ0) is 20.4. The van der Waals surface area contributed by atoms with Crippen LogP contribution in [0, 0.1) is 23.3 Å². The van der Waals surface area contributed by atoms with E-state index in [2.05, 4.69) is 19.9 Å². The van der Waals surface area contributed by atoms with E-state index in [1.165, 1.54) is 29.2 Å². The average molecular weight is 395 g/mol. The third-order valence-corrected chi connectivity index (χ3v) is 3.55. The fourth-order valence-electron chi connectivity index (χ4n) is 2.20. The molecule has 8 nitrogen and oxygen atoms in total. The number of methoxy groups -OCH3 is 1. The molecule has 0 aliphatic rings. The summed E-state index contributed by atoms with van der Waals surface area (Å²) in [6.07, 6.45) is 4.47. The molecule has 3 aromatic rings. The lowest BCUT2D eigenvalue weighted by molar-refractivity contribution is 0.0594. The summed E-state index contributed by atoms with van der Waals surface area (Å²) in [6.45, 7) is 0. The smallest absolute Gasteiger partial charge is 0.343 e. The predicted molar refractivity (Wildman–Crippen MR) is 84.7 cm³/mol. The molecule has 12 heteroatoms. The van der Waals surface area contributed by atoms with E-state index in [0.717, 1.165) is 7.11 Å². The highest BCUT2D eigenvalue weighted by Gasteiger charge is 2.31. The lowest BCUT2D eigenvalue weighted by atomic mass is 10.1. The van der Waals surface area contributed by atoms with Crippen LogP contribution in [0.25, 0.3) is 5.82 Å². The summed E-state index contributed by atoms with van der Waals surface area (Å²) in [5.74, 6) is -10.8. The van der Waals surface area contributed by atoms with Crippen LogP contribution in [0.3, 0.4) is 0 Å². The van der Waals surface area contributed by atoms with Crippen molar-refractivity contribution in [2.24, 2.45) is 0 Å². The van der Waals surface area contributed by atoms with Gasteiger partial charge in [-0.05, 0) is 12.1 Å². The number of nitrogens with zero attached hydrogens (tertiary/aromatic N) is 4. The van der Waals surface area contributed by atoms with Gasteiger partial charge in [-0.2, -0.15) is 0 Å². The number of carbonyl (C=O) groups excluding carboxylic acids is 2. The van der Waals surface area contributed by atoms with Crippen molar-refractivity contribution >= 4 is 17.6 Å². The monoisotopic (exact) mass is 395 g/mol. The number of rotatable bonds is 4. The largest absolute Gasteiger partial charge is 0.465 e. The highest BCUT2D eigenvalue weighted by Crippen LogP contribution is 2.29. The molecule has 0 saturated heterocycles. The number of hydrogen-bond acceptors (Lipinski definition) is 6. The summed E-state index contributed by atoms with van der Waals surface area (Å²) in [4.78, 5) is 27.7. The minimum atomic E-state index is -2.22. The van der Waals surface area contributed by atoms with E-state index in [9.17, 15) is 27.2 Å². The summed E-state index contributed by atoms with van der Waals surface area (Å²) in [5.41, 5.74) is -2.91. The van der Waals surface area contributed by atoms with Crippen LogP contribution >= 0.6 is 0 Å². The van der Waals surface area contributed by atoms with Crippen molar-refractivity contribution in [3.63, 3.8) is 0 Å². The van der Waals surface area contributed by atoms with Crippen molar-refractivity contribution in [1.82, 2.24) is 19.7 Å². The molecule has 2 aromatic heterocycles. The van der Waals surface area contributed by atoms with E-state index in [0.29, 0.717) is 5.82 Å². The van der Waals surface area contributed by atoms with Crippen molar-refractivity contribution in [3.8, 4) is 5.82 Å². The van der Waals surface area contributed by atoms with Crippen LogP contribution in [0.5, 0.6) is 0 Å². The zero-order valence-electron chi connectivity index (χ0n) is 13.9.